The van der Waals surface area contributed by atoms with Crippen LogP contribution in [0.3, 0.4) is 0 Å². The van der Waals surface area contributed by atoms with Crippen LogP contribution in [0, 0.1) is 11.8 Å². The number of nitrogens with zero attached hydrogens (tertiary/aromatic N) is 2. The van der Waals surface area contributed by atoms with Gasteiger partial charge in [0.1, 0.15) is 0 Å². The van der Waals surface area contributed by atoms with Crippen LogP contribution in [0.15, 0.2) is 24.3 Å². The summed E-state index contributed by atoms with van der Waals surface area (Å²) in [7, 11) is 0. The first kappa shape index (κ1) is 21.9. The second kappa shape index (κ2) is 10.8. The van der Waals surface area contributed by atoms with Crippen molar-refractivity contribution >= 4 is 5.91 Å². The highest BCUT2D eigenvalue weighted by Gasteiger charge is 2.21. The van der Waals surface area contributed by atoms with Gasteiger partial charge in [-0.15, -0.1) is 0 Å². The molecule has 1 amide bonds. The van der Waals surface area contributed by atoms with Crippen LogP contribution in [0.25, 0.3) is 0 Å². The summed E-state index contributed by atoms with van der Waals surface area (Å²) in [5.74, 6) is 1.63. The highest BCUT2D eigenvalue weighted by molar-refractivity contribution is 5.94. The molecule has 4 nitrogen and oxygen atoms in total. The van der Waals surface area contributed by atoms with Gasteiger partial charge >= 0.3 is 0 Å². The lowest BCUT2D eigenvalue weighted by Gasteiger charge is -2.34. The lowest BCUT2D eigenvalue weighted by atomic mass is 9.92. The van der Waals surface area contributed by atoms with Crippen molar-refractivity contribution in [1.82, 2.24) is 15.1 Å². The summed E-state index contributed by atoms with van der Waals surface area (Å²) in [5.41, 5.74) is 2.02. The Balaban J connectivity index is 1.72. The van der Waals surface area contributed by atoms with E-state index in [1.165, 1.54) is 25.1 Å². The molecule has 2 rings (SSSR count). The SMILES string of the molecule is CCN(Cc1ccc(C(=O)NCCCN2CC(C)CC(C)C2)cc1)C(C)C. The molecule has 4 heteroatoms. The molecule has 1 saturated heterocycles. The molecular formula is C23H39N3O. The van der Waals surface area contributed by atoms with Gasteiger partial charge in [0.15, 0.2) is 0 Å². The van der Waals surface area contributed by atoms with E-state index in [1.807, 2.05) is 12.1 Å². The zero-order chi connectivity index (χ0) is 19.8. The van der Waals surface area contributed by atoms with Gasteiger partial charge in [-0.05, 0) is 69.3 Å². The third kappa shape index (κ3) is 7.27. The van der Waals surface area contributed by atoms with Crippen molar-refractivity contribution in [2.75, 3.05) is 32.7 Å². The minimum atomic E-state index is 0.0399. The first-order valence-corrected chi connectivity index (χ1v) is 10.7. The highest BCUT2D eigenvalue weighted by atomic mass is 16.1. The second-order valence-electron chi connectivity index (χ2n) is 8.67. The highest BCUT2D eigenvalue weighted by Crippen LogP contribution is 2.20. The number of carbonyl (C=O) groups is 1. The molecule has 0 spiro atoms. The van der Waals surface area contributed by atoms with Crippen molar-refractivity contribution < 1.29 is 4.79 Å². The zero-order valence-corrected chi connectivity index (χ0v) is 18.0. The zero-order valence-electron chi connectivity index (χ0n) is 18.0. The Kier molecular flexibility index (Phi) is 8.78. The van der Waals surface area contributed by atoms with Gasteiger partial charge in [0.25, 0.3) is 5.91 Å². The molecule has 0 radical (unpaired) electrons. The van der Waals surface area contributed by atoms with Gasteiger partial charge in [-0.25, -0.2) is 0 Å². The van der Waals surface area contributed by atoms with Crippen molar-refractivity contribution in [3.05, 3.63) is 35.4 Å². The van der Waals surface area contributed by atoms with Gasteiger partial charge < -0.3 is 10.2 Å². The number of hydrogen-bond acceptors (Lipinski definition) is 3. The molecule has 27 heavy (non-hydrogen) atoms. The summed E-state index contributed by atoms with van der Waals surface area (Å²) in [6.07, 6.45) is 2.36. The fourth-order valence-electron chi connectivity index (χ4n) is 4.24. The molecule has 0 aliphatic carbocycles. The minimum absolute atomic E-state index is 0.0399. The van der Waals surface area contributed by atoms with E-state index in [0.717, 1.165) is 50.0 Å². The van der Waals surface area contributed by atoms with E-state index in [9.17, 15) is 4.79 Å². The molecule has 0 aromatic heterocycles. The van der Waals surface area contributed by atoms with Crippen LogP contribution in [0.2, 0.25) is 0 Å². The van der Waals surface area contributed by atoms with Gasteiger partial charge in [0, 0.05) is 37.8 Å². The first-order valence-electron chi connectivity index (χ1n) is 10.7. The monoisotopic (exact) mass is 373 g/mol. The maximum Gasteiger partial charge on any atom is 0.251 e. The van der Waals surface area contributed by atoms with Gasteiger partial charge in [-0.3, -0.25) is 9.69 Å². The second-order valence-corrected chi connectivity index (χ2v) is 8.67. The van der Waals surface area contributed by atoms with E-state index in [2.05, 4.69) is 61.9 Å². The van der Waals surface area contributed by atoms with Crippen LogP contribution in [0.1, 0.15) is 63.4 Å². The summed E-state index contributed by atoms with van der Waals surface area (Å²) < 4.78 is 0. The standard InChI is InChI=1S/C23H39N3O/c1-6-26(18(2)3)17-21-8-10-22(11-9-21)23(27)24-12-7-13-25-15-19(4)14-20(5)16-25/h8-11,18-20H,6-7,12-17H2,1-5H3,(H,24,27). The largest absolute Gasteiger partial charge is 0.352 e. The number of nitrogens with one attached hydrogen (secondary N) is 1. The van der Waals surface area contributed by atoms with Crippen molar-refractivity contribution in [3.8, 4) is 0 Å². The topological polar surface area (TPSA) is 35.6 Å². The number of piperidine rings is 1. The average Bonchev–Trinajstić information content (AvgIpc) is 2.62. The van der Waals surface area contributed by atoms with E-state index in [1.54, 1.807) is 0 Å². The molecule has 1 aromatic rings. The van der Waals surface area contributed by atoms with Gasteiger partial charge in [0.2, 0.25) is 0 Å². The molecule has 1 fully saturated rings. The Bertz CT molecular complexity index is 559. The van der Waals surface area contributed by atoms with Crippen molar-refractivity contribution in [2.45, 2.75) is 60.0 Å². The van der Waals surface area contributed by atoms with Gasteiger partial charge in [-0.2, -0.15) is 0 Å². The van der Waals surface area contributed by atoms with Crippen LogP contribution in [-0.2, 0) is 6.54 Å². The van der Waals surface area contributed by atoms with Crippen LogP contribution >= 0.6 is 0 Å². The van der Waals surface area contributed by atoms with Gasteiger partial charge in [-0.1, -0.05) is 32.9 Å². The van der Waals surface area contributed by atoms with Crippen molar-refractivity contribution in [1.29, 1.82) is 0 Å². The third-order valence-electron chi connectivity index (χ3n) is 5.62. The quantitative estimate of drug-likeness (QED) is 0.664. The van der Waals surface area contributed by atoms with Gasteiger partial charge in [0.05, 0.1) is 0 Å². The average molecular weight is 374 g/mol. The normalized spacial score (nSPS) is 21.0. The fourth-order valence-corrected chi connectivity index (χ4v) is 4.24. The minimum Gasteiger partial charge on any atom is -0.352 e. The Morgan fingerprint density at radius 3 is 2.37 bits per heavy atom. The molecular weight excluding hydrogens is 334 g/mol. The number of rotatable bonds is 9. The Morgan fingerprint density at radius 1 is 1.19 bits per heavy atom. The predicted molar refractivity (Wildman–Crippen MR) is 114 cm³/mol. The number of hydrogen-bond donors (Lipinski definition) is 1. The van der Waals surface area contributed by atoms with Crippen LogP contribution < -0.4 is 5.32 Å². The summed E-state index contributed by atoms with van der Waals surface area (Å²) in [6, 6.07) is 8.59. The molecule has 2 atom stereocenters. The van der Waals surface area contributed by atoms with E-state index >= 15 is 0 Å². The summed E-state index contributed by atoms with van der Waals surface area (Å²) in [4.78, 5) is 17.3. The molecule has 2 unspecified atom stereocenters. The summed E-state index contributed by atoms with van der Waals surface area (Å²) in [5, 5.41) is 3.07. The molecule has 1 aliphatic rings. The number of amides is 1. The first-order chi connectivity index (χ1) is 12.9. The Labute approximate surface area is 166 Å². The Morgan fingerprint density at radius 2 is 1.81 bits per heavy atom. The van der Waals surface area contributed by atoms with E-state index in [4.69, 9.17) is 0 Å². The molecule has 152 valence electrons. The maximum atomic E-state index is 12.4. The van der Waals surface area contributed by atoms with E-state index in [-0.39, 0.29) is 5.91 Å². The van der Waals surface area contributed by atoms with E-state index in [0.29, 0.717) is 6.04 Å². The molecule has 1 aliphatic heterocycles. The molecule has 1 heterocycles. The van der Waals surface area contributed by atoms with E-state index < -0.39 is 0 Å². The fraction of sp³-hybridized carbons (Fsp3) is 0.696. The van der Waals surface area contributed by atoms with Crippen LogP contribution in [0.5, 0.6) is 0 Å². The number of likely N-dealkylation sites (tertiary alicyclic amines) is 1. The van der Waals surface area contributed by atoms with Crippen molar-refractivity contribution in [3.63, 3.8) is 0 Å². The summed E-state index contributed by atoms with van der Waals surface area (Å²) in [6.45, 7) is 17.5. The lowest BCUT2D eigenvalue weighted by Crippen LogP contribution is -2.40. The number of benzene rings is 1. The number of carbonyl (C=O) groups excluding carboxylic acids is 1. The maximum absolute atomic E-state index is 12.4. The molecule has 1 N–H and O–H groups in total. The molecule has 0 bridgehead atoms. The molecule has 1 aromatic carbocycles. The lowest BCUT2D eigenvalue weighted by molar-refractivity contribution is 0.0947. The van der Waals surface area contributed by atoms with Crippen LogP contribution in [-0.4, -0.2) is 54.5 Å². The predicted octanol–water partition coefficient (Wildman–Crippen LogP) is 4.01. The Hall–Kier alpha value is -1.39. The van der Waals surface area contributed by atoms with Crippen molar-refractivity contribution in [2.24, 2.45) is 11.8 Å². The summed E-state index contributed by atoms with van der Waals surface area (Å²) >= 11 is 0. The smallest absolute Gasteiger partial charge is 0.251 e. The van der Waals surface area contributed by atoms with Crippen LogP contribution in [0.4, 0.5) is 0 Å². The molecule has 0 saturated carbocycles. The third-order valence-corrected chi connectivity index (χ3v) is 5.62.